The number of nitrogens with two attached hydrogens (primary N) is 1. The van der Waals surface area contributed by atoms with Gasteiger partial charge >= 0.3 is 0 Å². The van der Waals surface area contributed by atoms with Crippen LogP contribution in [-0.4, -0.2) is 16.3 Å². The molecule has 2 atom stereocenters. The van der Waals surface area contributed by atoms with E-state index in [1.807, 2.05) is 0 Å². The summed E-state index contributed by atoms with van der Waals surface area (Å²) >= 11 is 0. The van der Waals surface area contributed by atoms with Crippen LogP contribution < -0.4 is 5.73 Å². The molecule has 0 saturated heterocycles. The molecule has 4 heteroatoms. The molecular formula is C10H14FNO2. The zero-order valence-corrected chi connectivity index (χ0v) is 7.94. The van der Waals surface area contributed by atoms with Crippen LogP contribution in [0.3, 0.4) is 0 Å². The minimum absolute atomic E-state index is 0.410. The number of aliphatic hydroxyl groups excluding tert-OH is 1. The van der Waals surface area contributed by atoms with Crippen LogP contribution in [-0.2, 0) is 0 Å². The van der Waals surface area contributed by atoms with E-state index >= 15 is 0 Å². The van der Waals surface area contributed by atoms with Crippen molar-refractivity contribution in [3.63, 3.8) is 0 Å². The molecule has 0 saturated carbocycles. The molecule has 0 amide bonds. The number of hydrogen-bond donors (Lipinski definition) is 3. The second-order valence-electron chi connectivity index (χ2n) is 3.21. The second-order valence-corrected chi connectivity index (χ2v) is 3.21. The zero-order chi connectivity index (χ0) is 10.7. The van der Waals surface area contributed by atoms with E-state index in [1.165, 1.54) is 12.1 Å². The highest BCUT2D eigenvalue weighted by Crippen LogP contribution is 2.22. The van der Waals surface area contributed by atoms with Gasteiger partial charge in [0.05, 0.1) is 12.1 Å². The van der Waals surface area contributed by atoms with Crippen molar-refractivity contribution in [3.8, 4) is 5.75 Å². The van der Waals surface area contributed by atoms with Gasteiger partial charge in [-0.3, -0.25) is 0 Å². The molecule has 1 aromatic rings. The van der Waals surface area contributed by atoms with Crippen LogP contribution in [0.2, 0.25) is 0 Å². The number of phenols is 1. The smallest absolute Gasteiger partial charge is 0.165 e. The van der Waals surface area contributed by atoms with E-state index in [0.29, 0.717) is 12.0 Å². The summed E-state index contributed by atoms with van der Waals surface area (Å²) in [6.45, 7) is 1.79. The van der Waals surface area contributed by atoms with Crippen LogP contribution in [0.15, 0.2) is 18.2 Å². The number of aromatic hydroxyl groups is 1. The van der Waals surface area contributed by atoms with Crippen molar-refractivity contribution in [2.45, 2.75) is 25.5 Å². The lowest BCUT2D eigenvalue weighted by Gasteiger charge is -2.17. The van der Waals surface area contributed by atoms with E-state index < -0.39 is 23.7 Å². The maximum atomic E-state index is 12.9. The zero-order valence-electron chi connectivity index (χ0n) is 7.94. The summed E-state index contributed by atoms with van der Waals surface area (Å²) in [5.41, 5.74) is 6.15. The third-order valence-electron chi connectivity index (χ3n) is 2.19. The standard InChI is InChI=1S/C10H14FNO2/c1-2-8(13)10(12)6-3-4-9(14)7(11)5-6/h3-5,8,10,13-14H,2,12H2,1H3/t8-,10+/m0/s1. The third kappa shape index (κ3) is 2.21. The number of halogens is 1. The molecule has 0 aliphatic carbocycles. The molecule has 1 aromatic carbocycles. The second kappa shape index (κ2) is 4.39. The number of rotatable bonds is 3. The summed E-state index contributed by atoms with van der Waals surface area (Å²) in [6.07, 6.45) is -0.192. The average Bonchev–Trinajstić information content (AvgIpc) is 2.20. The Labute approximate surface area is 82.0 Å². The van der Waals surface area contributed by atoms with Gasteiger partial charge in [0.2, 0.25) is 0 Å². The van der Waals surface area contributed by atoms with Crippen LogP contribution >= 0.6 is 0 Å². The maximum Gasteiger partial charge on any atom is 0.165 e. The predicted octanol–water partition coefficient (Wildman–Crippen LogP) is 1.30. The minimum Gasteiger partial charge on any atom is -0.505 e. The molecule has 0 aliphatic rings. The molecule has 1 rings (SSSR count). The van der Waals surface area contributed by atoms with Crippen LogP contribution in [0.5, 0.6) is 5.75 Å². The monoisotopic (exact) mass is 199 g/mol. The van der Waals surface area contributed by atoms with Crippen molar-refractivity contribution < 1.29 is 14.6 Å². The summed E-state index contributed by atoms with van der Waals surface area (Å²) in [5, 5.41) is 18.4. The van der Waals surface area contributed by atoms with E-state index in [9.17, 15) is 9.50 Å². The molecule has 0 spiro atoms. The molecule has 14 heavy (non-hydrogen) atoms. The molecule has 0 fully saturated rings. The quantitative estimate of drug-likeness (QED) is 0.687. The van der Waals surface area contributed by atoms with Gasteiger partial charge in [-0.15, -0.1) is 0 Å². The van der Waals surface area contributed by atoms with Crippen LogP contribution in [0.4, 0.5) is 4.39 Å². The first kappa shape index (κ1) is 10.9. The molecule has 0 aliphatic heterocycles. The van der Waals surface area contributed by atoms with E-state index in [2.05, 4.69) is 0 Å². The van der Waals surface area contributed by atoms with E-state index in [4.69, 9.17) is 10.8 Å². The molecule has 0 radical (unpaired) electrons. The lowest BCUT2D eigenvalue weighted by molar-refractivity contribution is 0.140. The van der Waals surface area contributed by atoms with Crippen molar-refractivity contribution in [3.05, 3.63) is 29.6 Å². The summed E-state index contributed by atoms with van der Waals surface area (Å²) in [4.78, 5) is 0. The van der Waals surface area contributed by atoms with Gasteiger partial charge in [-0.05, 0) is 24.1 Å². The number of phenolic OH excluding ortho intramolecular Hbond substituents is 1. The van der Waals surface area contributed by atoms with Gasteiger partial charge in [-0.1, -0.05) is 13.0 Å². The highest BCUT2D eigenvalue weighted by molar-refractivity contribution is 5.30. The first-order chi connectivity index (χ1) is 6.56. The third-order valence-corrected chi connectivity index (χ3v) is 2.19. The lowest BCUT2D eigenvalue weighted by Crippen LogP contribution is -2.25. The van der Waals surface area contributed by atoms with Gasteiger partial charge in [0.15, 0.2) is 11.6 Å². The molecule has 0 unspecified atom stereocenters. The van der Waals surface area contributed by atoms with Crippen molar-refractivity contribution in [1.29, 1.82) is 0 Å². The molecule has 0 heterocycles. The first-order valence-electron chi connectivity index (χ1n) is 4.48. The van der Waals surface area contributed by atoms with Gasteiger partial charge < -0.3 is 15.9 Å². The van der Waals surface area contributed by atoms with Crippen molar-refractivity contribution in [1.82, 2.24) is 0 Å². The van der Waals surface area contributed by atoms with E-state index in [0.717, 1.165) is 6.07 Å². The van der Waals surface area contributed by atoms with E-state index in [-0.39, 0.29) is 0 Å². The summed E-state index contributed by atoms with van der Waals surface area (Å²) in [7, 11) is 0. The fourth-order valence-electron chi connectivity index (χ4n) is 1.21. The van der Waals surface area contributed by atoms with Gasteiger partial charge in [-0.2, -0.15) is 0 Å². The van der Waals surface area contributed by atoms with Crippen molar-refractivity contribution >= 4 is 0 Å². The largest absolute Gasteiger partial charge is 0.505 e. The molecule has 78 valence electrons. The van der Waals surface area contributed by atoms with Crippen molar-refractivity contribution in [2.24, 2.45) is 5.73 Å². The Balaban J connectivity index is 2.91. The van der Waals surface area contributed by atoms with Gasteiger partial charge in [-0.25, -0.2) is 4.39 Å². The predicted molar refractivity (Wildman–Crippen MR) is 51.3 cm³/mol. The fraction of sp³-hybridized carbons (Fsp3) is 0.400. The topological polar surface area (TPSA) is 66.5 Å². The Hall–Kier alpha value is -1.13. The SMILES string of the molecule is CC[C@H](O)[C@H](N)c1ccc(O)c(F)c1. The Morgan fingerprint density at radius 3 is 2.64 bits per heavy atom. The Kier molecular flexibility index (Phi) is 3.43. The first-order valence-corrected chi connectivity index (χ1v) is 4.48. The Bertz CT molecular complexity index is 317. The van der Waals surface area contributed by atoms with Gasteiger partial charge in [0, 0.05) is 0 Å². The highest BCUT2D eigenvalue weighted by Gasteiger charge is 2.16. The minimum atomic E-state index is -0.721. The maximum absolute atomic E-state index is 12.9. The average molecular weight is 199 g/mol. The molecular weight excluding hydrogens is 185 g/mol. The van der Waals surface area contributed by atoms with Crippen molar-refractivity contribution in [2.75, 3.05) is 0 Å². The number of benzene rings is 1. The Morgan fingerprint density at radius 1 is 1.50 bits per heavy atom. The molecule has 0 aromatic heterocycles. The normalized spacial score (nSPS) is 15.1. The van der Waals surface area contributed by atoms with E-state index in [1.54, 1.807) is 6.92 Å². The van der Waals surface area contributed by atoms with Crippen LogP contribution in [0, 0.1) is 5.82 Å². The Morgan fingerprint density at radius 2 is 2.14 bits per heavy atom. The molecule has 4 N–H and O–H groups in total. The summed E-state index contributed by atoms with van der Waals surface area (Å²) in [6, 6.07) is 3.25. The van der Waals surface area contributed by atoms with Crippen LogP contribution in [0.25, 0.3) is 0 Å². The molecule has 0 bridgehead atoms. The molecule has 3 nitrogen and oxygen atoms in total. The number of aliphatic hydroxyl groups is 1. The van der Waals surface area contributed by atoms with Gasteiger partial charge in [0.25, 0.3) is 0 Å². The highest BCUT2D eigenvalue weighted by atomic mass is 19.1. The van der Waals surface area contributed by atoms with Gasteiger partial charge in [0.1, 0.15) is 0 Å². The summed E-state index contributed by atoms with van der Waals surface area (Å²) < 4.78 is 12.9. The number of hydrogen-bond acceptors (Lipinski definition) is 3. The fourth-order valence-corrected chi connectivity index (χ4v) is 1.21. The van der Waals surface area contributed by atoms with Crippen LogP contribution in [0.1, 0.15) is 24.9 Å². The summed E-state index contributed by atoms with van der Waals surface area (Å²) in [5.74, 6) is -1.13. The lowest BCUT2D eigenvalue weighted by atomic mass is 10.0.